The number of rotatable bonds is 1. The van der Waals surface area contributed by atoms with Crippen molar-refractivity contribution in [3.05, 3.63) is 35.6 Å². The van der Waals surface area contributed by atoms with Crippen LogP contribution in [0.4, 0.5) is 4.39 Å². The summed E-state index contributed by atoms with van der Waals surface area (Å²) in [5.41, 5.74) is 5.70. The first-order valence-corrected chi connectivity index (χ1v) is 2.69. The standard InChI is InChI=1S/C7H7FN.BrH.Mg/c8-7-4-2-1-3-6(7)5-9;;/h2-4H,5,9H2;1H;/q-1;;+2/p-1. The third kappa shape index (κ3) is 4.05. The van der Waals surface area contributed by atoms with Crippen molar-refractivity contribution in [1.82, 2.24) is 0 Å². The van der Waals surface area contributed by atoms with Crippen molar-refractivity contribution >= 4 is 23.1 Å². The third-order valence-electron chi connectivity index (χ3n) is 1.11. The summed E-state index contributed by atoms with van der Waals surface area (Å²) in [6.07, 6.45) is 0. The van der Waals surface area contributed by atoms with E-state index in [1.54, 1.807) is 6.07 Å². The number of halogens is 2. The van der Waals surface area contributed by atoms with Gasteiger partial charge in [0.1, 0.15) is 0 Å². The summed E-state index contributed by atoms with van der Waals surface area (Å²) in [4.78, 5) is 0. The average Bonchev–Trinajstić information content (AvgIpc) is 1.89. The molecule has 0 amide bonds. The normalized spacial score (nSPS) is 7.82. The molecule has 56 valence electrons. The van der Waals surface area contributed by atoms with E-state index in [4.69, 9.17) is 5.73 Å². The Hall–Kier alpha value is 0.356. The van der Waals surface area contributed by atoms with Gasteiger partial charge in [0.2, 0.25) is 0 Å². The van der Waals surface area contributed by atoms with Crippen LogP contribution in [-0.4, -0.2) is 23.1 Å². The van der Waals surface area contributed by atoms with Crippen molar-refractivity contribution < 1.29 is 21.4 Å². The average molecular weight is 228 g/mol. The van der Waals surface area contributed by atoms with Crippen LogP contribution in [0.15, 0.2) is 18.2 Å². The molecule has 0 saturated carbocycles. The van der Waals surface area contributed by atoms with Gasteiger partial charge < -0.3 is 22.7 Å². The zero-order valence-electron chi connectivity index (χ0n) is 5.98. The van der Waals surface area contributed by atoms with Crippen LogP contribution in [0.1, 0.15) is 5.56 Å². The summed E-state index contributed by atoms with van der Waals surface area (Å²) in [5, 5.41) is 0. The molecule has 0 heterocycles. The van der Waals surface area contributed by atoms with Crippen LogP contribution in [0.5, 0.6) is 0 Å². The molecule has 0 aliphatic rings. The Morgan fingerprint density at radius 3 is 2.55 bits per heavy atom. The van der Waals surface area contributed by atoms with E-state index in [0.29, 0.717) is 5.56 Å². The molecule has 0 radical (unpaired) electrons. The van der Waals surface area contributed by atoms with E-state index < -0.39 is 0 Å². The molecule has 1 rings (SSSR count). The van der Waals surface area contributed by atoms with Crippen molar-refractivity contribution in [2.45, 2.75) is 6.54 Å². The maximum atomic E-state index is 12.5. The van der Waals surface area contributed by atoms with Gasteiger partial charge in [0.25, 0.3) is 0 Å². The Morgan fingerprint density at radius 2 is 2.18 bits per heavy atom. The summed E-state index contributed by atoms with van der Waals surface area (Å²) < 4.78 is 12.5. The summed E-state index contributed by atoms with van der Waals surface area (Å²) in [7, 11) is 0. The van der Waals surface area contributed by atoms with Crippen LogP contribution in [0.2, 0.25) is 0 Å². The van der Waals surface area contributed by atoms with E-state index in [0.717, 1.165) is 0 Å². The third-order valence-corrected chi connectivity index (χ3v) is 1.11. The molecule has 0 spiro atoms. The van der Waals surface area contributed by atoms with E-state index in [-0.39, 0.29) is 52.4 Å². The Bertz CT molecular complexity index is 207. The molecule has 0 fully saturated rings. The fourth-order valence-corrected chi connectivity index (χ4v) is 0.602. The van der Waals surface area contributed by atoms with E-state index in [9.17, 15) is 4.39 Å². The second-order valence-electron chi connectivity index (χ2n) is 1.72. The first-order valence-electron chi connectivity index (χ1n) is 2.69. The summed E-state index contributed by atoms with van der Waals surface area (Å²) in [5.74, 6) is -0.253. The molecular formula is C7H7BrFMgN. The molecule has 0 unspecified atom stereocenters. The predicted octanol–water partition coefficient (Wildman–Crippen LogP) is -2.29. The zero-order chi connectivity index (χ0) is 6.69. The van der Waals surface area contributed by atoms with Gasteiger partial charge in [-0.05, 0) is 6.54 Å². The molecule has 0 aliphatic carbocycles. The SMILES string of the molecule is NCc1c[c-]ccc1F.[Br-].[Mg+2]. The molecule has 4 heteroatoms. The van der Waals surface area contributed by atoms with Gasteiger partial charge >= 0.3 is 23.1 Å². The van der Waals surface area contributed by atoms with Crippen LogP contribution in [-0.2, 0) is 6.54 Å². The quantitative estimate of drug-likeness (QED) is 0.425. The van der Waals surface area contributed by atoms with E-state index in [1.807, 2.05) is 0 Å². The minimum absolute atomic E-state index is 0. The molecule has 0 bridgehead atoms. The summed E-state index contributed by atoms with van der Waals surface area (Å²) >= 11 is 0. The van der Waals surface area contributed by atoms with Gasteiger partial charge in [-0.15, -0.1) is 11.6 Å². The summed E-state index contributed by atoms with van der Waals surface area (Å²) in [6.45, 7) is 0.239. The van der Waals surface area contributed by atoms with Gasteiger partial charge in [0, 0.05) is 5.82 Å². The number of benzene rings is 1. The minimum atomic E-state index is -0.253. The van der Waals surface area contributed by atoms with Gasteiger partial charge in [-0.1, -0.05) is 0 Å². The molecule has 0 aromatic heterocycles. The Morgan fingerprint density at radius 1 is 1.55 bits per heavy atom. The van der Waals surface area contributed by atoms with Gasteiger partial charge in [0.15, 0.2) is 0 Å². The molecule has 1 aromatic rings. The summed E-state index contributed by atoms with van der Waals surface area (Å²) in [6, 6.07) is 7.16. The van der Waals surface area contributed by atoms with E-state index in [2.05, 4.69) is 6.07 Å². The van der Waals surface area contributed by atoms with Crippen molar-refractivity contribution in [1.29, 1.82) is 0 Å². The van der Waals surface area contributed by atoms with Crippen molar-refractivity contribution in [2.75, 3.05) is 0 Å². The van der Waals surface area contributed by atoms with Gasteiger partial charge in [-0.3, -0.25) is 0 Å². The molecule has 11 heavy (non-hydrogen) atoms. The fraction of sp³-hybridized carbons (Fsp3) is 0.143. The predicted molar refractivity (Wildman–Crippen MR) is 38.9 cm³/mol. The Kier molecular flexibility index (Phi) is 8.89. The Labute approximate surface area is 92.1 Å². The van der Waals surface area contributed by atoms with Gasteiger partial charge in [-0.25, -0.2) is 4.39 Å². The minimum Gasteiger partial charge on any atom is -1.00 e. The van der Waals surface area contributed by atoms with Gasteiger partial charge in [-0.2, -0.15) is 18.2 Å². The topological polar surface area (TPSA) is 26.0 Å². The maximum absolute atomic E-state index is 12.5. The monoisotopic (exact) mass is 227 g/mol. The van der Waals surface area contributed by atoms with Crippen LogP contribution < -0.4 is 22.7 Å². The van der Waals surface area contributed by atoms with Crippen molar-refractivity contribution in [3.8, 4) is 0 Å². The number of nitrogens with two attached hydrogens (primary N) is 1. The van der Waals surface area contributed by atoms with E-state index in [1.165, 1.54) is 12.1 Å². The second kappa shape index (κ2) is 7.03. The fourth-order valence-electron chi connectivity index (χ4n) is 0.602. The van der Waals surface area contributed by atoms with Crippen LogP contribution in [0, 0.1) is 11.9 Å². The first kappa shape index (κ1) is 13.9. The van der Waals surface area contributed by atoms with Crippen molar-refractivity contribution in [3.63, 3.8) is 0 Å². The number of hydrogen-bond acceptors (Lipinski definition) is 1. The molecule has 0 saturated heterocycles. The van der Waals surface area contributed by atoms with Crippen molar-refractivity contribution in [2.24, 2.45) is 5.73 Å². The van der Waals surface area contributed by atoms with Gasteiger partial charge in [0.05, 0.1) is 0 Å². The molecule has 1 nitrogen and oxygen atoms in total. The smallest absolute Gasteiger partial charge is 1.00 e. The molecule has 0 aliphatic heterocycles. The molecule has 0 atom stereocenters. The zero-order valence-corrected chi connectivity index (χ0v) is 8.98. The van der Waals surface area contributed by atoms with Crippen LogP contribution in [0.3, 0.4) is 0 Å². The van der Waals surface area contributed by atoms with E-state index >= 15 is 0 Å². The largest absolute Gasteiger partial charge is 2.00 e. The molecule has 2 N–H and O–H groups in total. The number of hydrogen-bond donors (Lipinski definition) is 1. The second-order valence-corrected chi connectivity index (χ2v) is 1.72. The van der Waals surface area contributed by atoms with Crippen LogP contribution in [0.25, 0.3) is 0 Å². The first-order chi connectivity index (χ1) is 4.34. The Balaban J connectivity index is 0. The maximum Gasteiger partial charge on any atom is 2.00 e. The molecular weight excluding hydrogens is 221 g/mol. The van der Waals surface area contributed by atoms with Crippen LogP contribution >= 0.6 is 0 Å². The molecule has 1 aromatic carbocycles.